The van der Waals surface area contributed by atoms with Crippen LogP contribution >= 0.6 is 0 Å². The molecule has 3 aliphatic carbocycles. The fourth-order valence-corrected chi connectivity index (χ4v) is 4.95. The van der Waals surface area contributed by atoms with Crippen LogP contribution < -0.4 is 4.90 Å². The molecule has 0 radical (unpaired) electrons. The average Bonchev–Trinajstić information content (AvgIpc) is 3.05. The Hall–Kier alpha value is -3.46. The van der Waals surface area contributed by atoms with Crippen LogP contribution in [-0.4, -0.2) is 11.8 Å². The Morgan fingerprint density at radius 1 is 0.556 bits per heavy atom. The van der Waals surface area contributed by atoms with Crippen LogP contribution in [0.5, 0.6) is 0 Å². The van der Waals surface area contributed by atoms with Crippen molar-refractivity contribution < 1.29 is 9.59 Å². The van der Waals surface area contributed by atoms with E-state index in [1.54, 1.807) is 0 Å². The summed E-state index contributed by atoms with van der Waals surface area (Å²) < 4.78 is 0. The molecule has 3 heteroatoms. The summed E-state index contributed by atoms with van der Waals surface area (Å²) in [5.41, 5.74) is 8.48. The molecule has 1 heterocycles. The molecule has 0 aromatic heterocycles. The van der Waals surface area contributed by atoms with Crippen molar-refractivity contribution in [2.45, 2.75) is 11.8 Å². The summed E-state index contributed by atoms with van der Waals surface area (Å²) >= 11 is 0. The van der Waals surface area contributed by atoms with Gasteiger partial charge in [0.2, 0.25) is 0 Å². The van der Waals surface area contributed by atoms with Crippen LogP contribution in [0.1, 0.15) is 45.2 Å². The van der Waals surface area contributed by atoms with Crippen LogP contribution in [0.2, 0.25) is 0 Å². The normalized spacial score (nSPS) is 21.3. The largest absolute Gasteiger partial charge is 0.269 e. The van der Waals surface area contributed by atoms with Crippen LogP contribution in [0.3, 0.4) is 0 Å². The summed E-state index contributed by atoms with van der Waals surface area (Å²) in [7, 11) is 0. The van der Waals surface area contributed by atoms with Gasteiger partial charge in [-0.05, 0) is 45.5 Å². The van der Waals surface area contributed by atoms with Gasteiger partial charge in [0.1, 0.15) is 0 Å². The Labute approximate surface area is 156 Å². The number of hydrogen-bond donors (Lipinski definition) is 0. The lowest BCUT2D eigenvalue weighted by Gasteiger charge is -2.42. The third-order valence-electron chi connectivity index (χ3n) is 6.00. The maximum Gasteiger partial charge on any atom is 0.258 e. The predicted octanol–water partition coefficient (Wildman–Crippen LogP) is 4.10. The van der Waals surface area contributed by atoms with Crippen LogP contribution in [0.15, 0.2) is 78.9 Å². The van der Waals surface area contributed by atoms with Crippen molar-refractivity contribution in [1.29, 1.82) is 0 Å². The predicted molar refractivity (Wildman–Crippen MR) is 103 cm³/mol. The molecule has 0 fully saturated rings. The fourth-order valence-electron chi connectivity index (χ4n) is 4.95. The molecule has 3 aromatic rings. The van der Waals surface area contributed by atoms with Gasteiger partial charge < -0.3 is 0 Å². The highest BCUT2D eigenvalue weighted by molar-refractivity contribution is 6.28. The van der Waals surface area contributed by atoms with Gasteiger partial charge in [-0.15, -0.1) is 0 Å². The van der Waals surface area contributed by atoms with Gasteiger partial charge in [-0.25, -0.2) is 4.90 Å². The zero-order valence-electron chi connectivity index (χ0n) is 14.4. The van der Waals surface area contributed by atoms with E-state index < -0.39 is 0 Å². The van der Waals surface area contributed by atoms with Gasteiger partial charge in [0.05, 0.1) is 5.69 Å². The first kappa shape index (κ1) is 14.7. The van der Waals surface area contributed by atoms with Crippen molar-refractivity contribution in [2.24, 2.45) is 0 Å². The SMILES string of the molecule is O=C1C=CC(=O)N1c1ccc2c(c1)C1c3ccccc3C2c2ccccc21. The summed E-state index contributed by atoms with van der Waals surface area (Å²) in [6.45, 7) is 0. The van der Waals surface area contributed by atoms with E-state index in [0.29, 0.717) is 5.69 Å². The molecule has 128 valence electrons. The summed E-state index contributed by atoms with van der Waals surface area (Å²) in [6.07, 6.45) is 2.66. The lowest BCUT2D eigenvalue weighted by molar-refractivity contribution is -0.119. The standard InChI is InChI=1S/C24H15NO2/c26-21-11-12-22(27)25(21)14-9-10-19-20(13-14)24-17-7-3-1-5-15(17)23(19)16-6-2-4-8-18(16)24/h1-13,23-24H. The van der Waals surface area contributed by atoms with Crippen LogP contribution in [-0.2, 0) is 9.59 Å². The number of carbonyl (C=O) groups excluding carboxylic acids is 2. The van der Waals surface area contributed by atoms with E-state index in [0.717, 1.165) is 0 Å². The quantitative estimate of drug-likeness (QED) is 0.427. The molecule has 2 amide bonds. The minimum Gasteiger partial charge on any atom is -0.269 e. The minimum absolute atomic E-state index is 0.137. The second-order valence-electron chi connectivity index (χ2n) is 7.28. The third kappa shape index (κ3) is 1.81. The molecule has 3 nitrogen and oxygen atoms in total. The third-order valence-corrected chi connectivity index (χ3v) is 6.00. The topological polar surface area (TPSA) is 37.4 Å². The van der Waals surface area contributed by atoms with Gasteiger partial charge in [-0.2, -0.15) is 0 Å². The van der Waals surface area contributed by atoms with Crippen molar-refractivity contribution in [3.63, 3.8) is 0 Å². The zero-order chi connectivity index (χ0) is 18.1. The lowest BCUT2D eigenvalue weighted by Crippen LogP contribution is -2.31. The molecular weight excluding hydrogens is 334 g/mol. The van der Waals surface area contributed by atoms with Crippen molar-refractivity contribution in [3.05, 3.63) is 112 Å². The Bertz CT molecular complexity index is 1120. The van der Waals surface area contributed by atoms with Crippen molar-refractivity contribution >= 4 is 17.5 Å². The Morgan fingerprint density at radius 2 is 1.00 bits per heavy atom. The number of anilines is 1. The molecule has 0 saturated carbocycles. The van der Waals surface area contributed by atoms with Gasteiger partial charge in [0.15, 0.2) is 0 Å². The van der Waals surface area contributed by atoms with Crippen molar-refractivity contribution in [1.82, 2.24) is 0 Å². The number of nitrogens with zero attached hydrogens (tertiary/aromatic N) is 1. The summed E-state index contributed by atoms with van der Waals surface area (Å²) in [5, 5.41) is 0. The monoisotopic (exact) mass is 349 g/mol. The molecule has 1 aliphatic heterocycles. The molecule has 0 saturated heterocycles. The van der Waals surface area contributed by atoms with Gasteiger partial charge in [-0.3, -0.25) is 9.59 Å². The van der Waals surface area contributed by atoms with Crippen molar-refractivity contribution in [2.75, 3.05) is 4.90 Å². The first-order chi connectivity index (χ1) is 13.2. The van der Waals surface area contributed by atoms with Gasteiger partial charge in [0, 0.05) is 24.0 Å². The molecule has 0 spiro atoms. The second kappa shape index (κ2) is 5.04. The van der Waals surface area contributed by atoms with Gasteiger partial charge >= 0.3 is 0 Å². The second-order valence-corrected chi connectivity index (χ2v) is 7.28. The van der Waals surface area contributed by atoms with E-state index in [1.807, 2.05) is 12.1 Å². The summed E-state index contributed by atoms with van der Waals surface area (Å²) in [6, 6.07) is 23.2. The molecule has 4 aliphatic rings. The molecule has 7 rings (SSSR count). The Morgan fingerprint density at radius 3 is 1.52 bits per heavy atom. The average molecular weight is 349 g/mol. The van der Waals surface area contributed by atoms with Crippen molar-refractivity contribution in [3.8, 4) is 0 Å². The summed E-state index contributed by atoms with van der Waals surface area (Å²) in [5.74, 6) is -0.212. The van der Waals surface area contributed by atoms with Gasteiger partial charge in [0.25, 0.3) is 11.8 Å². The number of hydrogen-bond acceptors (Lipinski definition) is 2. The maximum absolute atomic E-state index is 12.1. The Balaban J connectivity index is 1.60. The number of imide groups is 1. The van der Waals surface area contributed by atoms with E-state index in [2.05, 4.69) is 54.6 Å². The molecular formula is C24H15NO2. The Kier molecular flexibility index (Phi) is 2.74. The first-order valence-corrected chi connectivity index (χ1v) is 9.11. The zero-order valence-corrected chi connectivity index (χ0v) is 14.4. The summed E-state index contributed by atoms with van der Waals surface area (Å²) in [4.78, 5) is 25.5. The van der Waals surface area contributed by atoms with Crippen LogP contribution in [0.4, 0.5) is 5.69 Å². The lowest BCUT2D eigenvalue weighted by atomic mass is 9.61. The fraction of sp³-hybridized carbons (Fsp3) is 0.0833. The first-order valence-electron chi connectivity index (χ1n) is 9.11. The van der Waals surface area contributed by atoms with Gasteiger partial charge in [-0.1, -0.05) is 54.6 Å². The van der Waals surface area contributed by atoms with Crippen LogP contribution in [0, 0.1) is 0 Å². The number of benzene rings is 3. The van der Waals surface area contributed by atoms with E-state index in [9.17, 15) is 9.59 Å². The maximum atomic E-state index is 12.1. The highest BCUT2D eigenvalue weighted by Crippen LogP contribution is 2.56. The van der Waals surface area contributed by atoms with E-state index in [-0.39, 0.29) is 23.7 Å². The molecule has 27 heavy (non-hydrogen) atoms. The molecule has 0 atom stereocenters. The molecule has 3 aromatic carbocycles. The highest BCUT2D eigenvalue weighted by Gasteiger charge is 2.41. The van der Waals surface area contributed by atoms with E-state index >= 15 is 0 Å². The molecule has 2 bridgehead atoms. The number of amides is 2. The highest BCUT2D eigenvalue weighted by atomic mass is 16.2. The number of carbonyl (C=O) groups is 2. The number of rotatable bonds is 1. The van der Waals surface area contributed by atoms with E-state index in [1.165, 1.54) is 50.4 Å². The van der Waals surface area contributed by atoms with Crippen LogP contribution in [0.25, 0.3) is 0 Å². The smallest absolute Gasteiger partial charge is 0.258 e. The van der Waals surface area contributed by atoms with E-state index in [4.69, 9.17) is 0 Å². The minimum atomic E-state index is -0.276. The molecule has 0 N–H and O–H groups in total. The molecule has 0 unspecified atom stereocenters.